The number of aryl methyl sites for hydroxylation is 1. The molecule has 1 rings (SSSR count). The lowest BCUT2D eigenvalue weighted by atomic mass is 10.4. The molecular formula is C9H13ClN4O2. The van der Waals surface area contributed by atoms with Crippen molar-refractivity contribution >= 4 is 23.2 Å². The molecule has 0 bridgehead atoms. The number of nitrogens with two attached hydrogens (primary N) is 1. The maximum Gasteiger partial charge on any atom is 0.287 e. The molecule has 0 aliphatic heterocycles. The SMILES string of the molecule is CCn1ncc(NCCC(N)=O)c(Cl)c1=O. The molecule has 0 aliphatic rings. The number of carbonyl (C=O) groups excluding carboxylic acids is 1. The Labute approximate surface area is 97.4 Å². The quantitative estimate of drug-likeness (QED) is 0.775. The molecule has 1 aromatic rings. The van der Waals surface area contributed by atoms with Crippen molar-refractivity contribution in [3.05, 3.63) is 21.6 Å². The van der Waals surface area contributed by atoms with Crippen LogP contribution in [0.5, 0.6) is 0 Å². The van der Waals surface area contributed by atoms with Gasteiger partial charge in [-0.3, -0.25) is 9.59 Å². The predicted molar refractivity (Wildman–Crippen MR) is 61.5 cm³/mol. The Morgan fingerprint density at radius 3 is 2.94 bits per heavy atom. The van der Waals surface area contributed by atoms with Gasteiger partial charge in [-0.2, -0.15) is 5.10 Å². The van der Waals surface area contributed by atoms with E-state index in [4.69, 9.17) is 17.3 Å². The van der Waals surface area contributed by atoms with E-state index in [1.807, 2.05) is 0 Å². The van der Waals surface area contributed by atoms with Crippen LogP contribution in [0.3, 0.4) is 0 Å². The van der Waals surface area contributed by atoms with Crippen molar-refractivity contribution in [1.29, 1.82) is 0 Å². The Bertz CT molecular complexity index is 444. The van der Waals surface area contributed by atoms with Crippen molar-refractivity contribution in [3.63, 3.8) is 0 Å². The molecule has 0 aliphatic carbocycles. The molecule has 0 unspecified atom stereocenters. The summed E-state index contributed by atoms with van der Waals surface area (Å²) in [5, 5.41) is 6.79. The summed E-state index contributed by atoms with van der Waals surface area (Å²) < 4.78 is 1.25. The lowest BCUT2D eigenvalue weighted by molar-refractivity contribution is -0.117. The summed E-state index contributed by atoms with van der Waals surface area (Å²) in [5.74, 6) is -0.418. The van der Waals surface area contributed by atoms with Crippen molar-refractivity contribution < 1.29 is 4.79 Å². The molecule has 1 amide bonds. The molecule has 0 fully saturated rings. The molecule has 0 saturated carbocycles. The monoisotopic (exact) mass is 244 g/mol. The van der Waals surface area contributed by atoms with E-state index in [2.05, 4.69) is 10.4 Å². The average molecular weight is 245 g/mol. The van der Waals surface area contributed by atoms with Crippen LogP contribution in [-0.4, -0.2) is 22.2 Å². The number of carbonyl (C=O) groups is 1. The number of halogens is 1. The van der Waals surface area contributed by atoms with E-state index in [9.17, 15) is 9.59 Å². The third kappa shape index (κ3) is 2.96. The normalized spacial score (nSPS) is 10.1. The lowest BCUT2D eigenvalue weighted by Crippen LogP contribution is -2.24. The number of hydrogen-bond donors (Lipinski definition) is 2. The highest BCUT2D eigenvalue weighted by Gasteiger charge is 2.07. The smallest absolute Gasteiger partial charge is 0.287 e. The summed E-state index contributed by atoms with van der Waals surface area (Å²) in [6.45, 7) is 2.58. The van der Waals surface area contributed by atoms with Gasteiger partial charge < -0.3 is 11.1 Å². The molecule has 0 atom stereocenters. The van der Waals surface area contributed by atoms with Crippen molar-refractivity contribution in [1.82, 2.24) is 9.78 Å². The summed E-state index contributed by atoms with van der Waals surface area (Å²) in [6, 6.07) is 0. The molecule has 88 valence electrons. The summed E-state index contributed by atoms with van der Waals surface area (Å²) >= 11 is 5.84. The van der Waals surface area contributed by atoms with E-state index in [0.29, 0.717) is 18.8 Å². The summed E-state index contributed by atoms with van der Waals surface area (Å²) in [5.41, 5.74) is 5.04. The molecule has 6 nitrogen and oxygen atoms in total. The van der Waals surface area contributed by atoms with Gasteiger partial charge in [0.1, 0.15) is 5.02 Å². The molecule has 0 radical (unpaired) electrons. The van der Waals surface area contributed by atoms with Crippen LogP contribution >= 0.6 is 11.6 Å². The van der Waals surface area contributed by atoms with E-state index < -0.39 is 5.91 Å². The summed E-state index contributed by atoms with van der Waals surface area (Å²) in [7, 11) is 0. The van der Waals surface area contributed by atoms with E-state index in [0.717, 1.165) is 0 Å². The zero-order chi connectivity index (χ0) is 12.1. The largest absolute Gasteiger partial charge is 0.382 e. The van der Waals surface area contributed by atoms with Gasteiger partial charge in [0, 0.05) is 19.5 Å². The third-order valence-electron chi connectivity index (χ3n) is 1.97. The predicted octanol–water partition coefficient (Wildman–Crippen LogP) is 0.204. The number of aromatic nitrogens is 2. The van der Waals surface area contributed by atoms with Gasteiger partial charge in [0.2, 0.25) is 5.91 Å². The first-order valence-corrected chi connectivity index (χ1v) is 5.21. The van der Waals surface area contributed by atoms with Crippen molar-refractivity contribution in [3.8, 4) is 0 Å². The molecule has 0 spiro atoms. The molecular weight excluding hydrogens is 232 g/mol. The Kier molecular flexibility index (Phi) is 4.30. The first-order valence-electron chi connectivity index (χ1n) is 4.84. The van der Waals surface area contributed by atoms with Crippen LogP contribution in [0.15, 0.2) is 11.0 Å². The maximum absolute atomic E-state index is 11.6. The number of amides is 1. The molecule has 7 heteroatoms. The van der Waals surface area contributed by atoms with Gasteiger partial charge in [0.25, 0.3) is 5.56 Å². The molecule has 0 saturated heterocycles. The fourth-order valence-corrected chi connectivity index (χ4v) is 1.35. The number of nitrogens with zero attached hydrogens (tertiary/aromatic N) is 2. The van der Waals surface area contributed by atoms with E-state index in [1.54, 1.807) is 6.92 Å². The Morgan fingerprint density at radius 2 is 2.38 bits per heavy atom. The van der Waals surface area contributed by atoms with Gasteiger partial charge in [-0.25, -0.2) is 4.68 Å². The number of primary amides is 1. The minimum absolute atomic E-state index is 0.0707. The van der Waals surface area contributed by atoms with E-state index in [-0.39, 0.29) is 17.0 Å². The van der Waals surface area contributed by atoms with Crippen LogP contribution in [0.4, 0.5) is 5.69 Å². The van der Waals surface area contributed by atoms with Crippen molar-refractivity contribution in [2.24, 2.45) is 5.73 Å². The topological polar surface area (TPSA) is 90.0 Å². The van der Waals surface area contributed by atoms with Gasteiger partial charge >= 0.3 is 0 Å². The molecule has 1 heterocycles. The standard InChI is InChI=1S/C9H13ClN4O2/c1-2-14-9(16)8(10)6(5-13-14)12-4-3-7(11)15/h5,12H,2-4H2,1H3,(H2,11,15). The minimum atomic E-state index is -0.418. The fourth-order valence-electron chi connectivity index (χ4n) is 1.13. The first-order chi connectivity index (χ1) is 7.56. The minimum Gasteiger partial charge on any atom is -0.382 e. The molecule has 0 aromatic carbocycles. The third-order valence-corrected chi connectivity index (χ3v) is 2.34. The number of nitrogens with one attached hydrogen (secondary N) is 1. The van der Waals surface area contributed by atoms with E-state index in [1.165, 1.54) is 10.9 Å². The highest BCUT2D eigenvalue weighted by molar-refractivity contribution is 6.32. The van der Waals surface area contributed by atoms with Gasteiger partial charge in [-0.1, -0.05) is 11.6 Å². The summed E-state index contributed by atoms with van der Waals surface area (Å²) in [4.78, 5) is 22.1. The summed E-state index contributed by atoms with van der Waals surface area (Å²) in [6.07, 6.45) is 1.63. The van der Waals surface area contributed by atoms with Crippen molar-refractivity contribution in [2.45, 2.75) is 19.9 Å². The van der Waals surface area contributed by atoms with E-state index >= 15 is 0 Å². The van der Waals surface area contributed by atoms with Gasteiger partial charge in [-0.05, 0) is 6.92 Å². The van der Waals surface area contributed by atoms with Gasteiger partial charge in [0.15, 0.2) is 0 Å². The molecule has 3 N–H and O–H groups in total. The van der Waals surface area contributed by atoms with Crippen LogP contribution in [0, 0.1) is 0 Å². The second kappa shape index (κ2) is 5.50. The number of rotatable bonds is 5. The lowest BCUT2D eigenvalue weighted by Gasteiger charge is -2.08. The van der Waals surface area contributed by atoms with Crippen molar-refractivity contribution in [2.75, 3.05) is 11.9 Å². The zero-order valence-corrected chi connectivity index (χ0v) is 9.62. The second-order valence-electron chi connectivity index (χ2n) is 3.14. The first kappa shape index (κ1) is 12.5. The number of hydrogen-bond acceptors (Lipinski definition) is 4. The molecule has 1 aromatic heterocycles. The highest BCUT2D eigenvalue weighted by Crippen LogP contribution is 2.14. The molecule has 16 heavy (non-hydrogen) atoms. The van der Waals surface area contributed by atoms with Crippen LogP contribution in [0.25, 0.3) is 0 Å². The Morgan fingerprint density at radius 1 is 1.69 bits per heavy atom. The van der Waals surface area contributed by atoms with Gasteiger partial charge in [0.05, 0.1) is 11.9 Å². The Hall–Kier alpha value is -1.56. The van der Waals surface area contributed by atoms with Crippen LogP contribution < -0.4 is 16.6 Å². The zero-order valence-electron chi connectivity index (χ0n) is 8.86. The number of anilines is 1. The van der Waals surface area contributed by atoms with Crippen LogP contribution in [0.1, 0.15) is 13.3 Å². The second-order valence-corrected chi connectivity index (χ2v) is 3.51. The highest BCUT2D eigenvalue weighted by atomic mass is 35.5. The fraction of sp³-hybridized carbons (Fsp3) is 0.444. The average Bonchev–Trinajstić information content (AvgIpc) is 2.24. The van der Waals surface area contributed by atoms with Crippen LogP contribution in [0.2, 0.25) is 5.02 Å². The Balaban J connectivity index is 2.79. The maximum atomic E-state index is 11.6. The van der Waals surface area contributed by atoms with Gasteiger partial charge in [-0.15, -0.1) is 0 Å². The van der Waals surface area contributed by atoms with Crippen LogP contribution in [-0.2, 0) is 11.3 Å².